The minimum atomic E-state index is -0.699. The van der Waals surface area contributed by atoms with Crippen LogP contribution in [0.1, 0.15) is 27.2 Å². The molecule has 1 amide bonds. The van der Waals surface area contributed by atoms with E-state index < -0.39 is 12.0 Å². The Balaban J connectivity index is 1.57. The zero-order valence-electron chi connectivity index (χ0n) is 15.0. The minimum Gasteiger partial charge on any atom is -0.459 e. The summed E-state index contributed by atoms with van der Waals surface area (Å²) in [5.74, 6) is -0.532. The van der Waals surface area contributed by atoms with Gasteiger partial charge in [-0.1, -0.05) is 58.4 Å². The van der Waals surface area contributed by atoms with Crippen molar-refractivity contribution >= 4 is 27.8 Å². The minimum absolute atomic E-state index is 0.140. The highest BCUT2D eigenvalue weighted by Crippen LogP contribution is 2.26. The molecule has 1 aliphatic heterocycles. The van der Waals surface area contributed by atoms with E-state index in [1.165, 1.54) is 11.2 Å². The standard InChI is InChI=1S/C22H18BrNO4/c23-18-9-4-3-8-17(18)14-28-22(26)19-12-15-6-1-2-7-16(15)13-24(19)21(25)20-10-5-11-27-20/h1-11,19H,12-14H2. The lowest BCUT2D eigenvalue weighted by Gasteiger charge is -2.34. The molecule has 1 aliphatic rings. The smallest absolute Gasteiger partial charge is 0.329 e. The third-order valence-electron chi connectivity index (χ3n) is 4.84. The lowest BCUT2D eigenvalue weighted by molar-refractivity contribution is -0.151. The van der Waals surface area contributed by atoms with E-state index in [4.69, 9.17) is 9.15 Å². The molecular formula is C22H18BrNO4. The Morgan fingerprint density at radius 1 is 1.04 bits per heavy atom. The van der Waals surface area contributed by atoms with Gasteiger partial charge < -0.3 is 14.1 Å². The van der Waals surface area contributed by atoms with Crippen molar-refractivity contribution in [2.75, 3.05) is 0 Å². The molecule has 2 heterocycles. The average Bonchev–Trinajstić information content (AvgIpc) is 3.26. The van der Waals surface area contributed by atoms with Gasteiger partial charge in [-0.25, -0.2) is 4.79 Å². The van der Waals surface area contributed by atoms with E-state index in [0.29, 0.717) is 13.0 Å². The second-order valence-electron chi connectivity index (χ2n) is 6.60. The number of esters is 1. The van der Waals surface area contributed by atoms with E-state index in [2.05, 4.69) is 15.9 Å². The number of hydrogen-bond donors (Lipinski definition) is 0. The van der Waals surface area contributed by atoms with Gasteiger partial charge >= 0.3 is 5.97 Å². The Morgan fingerprint density at radius 3 is 2.54 bits per heavy atom. The van der Waals surface area contributed by atoms with Gasteiger partial charge in [-0.3, -0.25) is 4.79 Å². The first kappa shape index (κ1) is 18.5. The molecule has 2 aromatic carbocycles. The Bertz CT molecular complexity index is 999. The molecule has 1 unspecified atom stereocenters. The van der Waals surface area contributed by atoms with E-state index >= 15 is 0 Å². The zero-order chi connectivity index (χ0) is 19.5. The number of fused-ring (bicyclic) bond motifs is 1. The van der Waals surface area contributed by atoms with Crippen LogP contribution in [-0.4, -0.2) is 22.8 Å². The molecule has 0 N–H and O–H groups in total. The topological polar surface area (TPSA) is 59.8 Å². The van der Waals surface area contributed by atoms with Crippen LogP contribution >= 0.6 is 15.9 Å². The van der Waals surface area contributed by atoms with Crippen molar-refractivity contribution in [3.8, 4) is 0 Å². The van der Waals surface area contributed by atoms with Crippen molar-refractivity contribution in [3.63, 3.8) is 0 Å². The zero-order valence-corrected chi connectivity index (χ0v) is 16.6. The van der Waals surface area contributed by atoms with Gasteiger partial charge in [0, 0.05) is 23.0 Å². The first-order chi connectivity index (χ1) is 13.6. The SMILES string of the molecule is O=C(OCc1ccccc1Br)C1Cc2ccccc2CN1C(=O)c1ccco1. The number of furan rings is 1. The number of ether oxygens (including phenoxy) is 1. The quantitative estimate of drug-likeness (QED) is 0.566. The molecule has 1 aromatic heterocycles. The van der Waals surface area contributed by atoms with Crippen LogP contribution in [0.5, 0.6) is 0 Å². The van der Waals surface area contributed by atoms with Crippen molar-refractivity contribution in [2.45, 2.75) is 25.6 Å². The highest BCUT2D eigenvalue weighted by molar-refractivity contribution is 9.10. The van der Waals surface area contributed by atoms with E-state index in [9.17, 15) is 9.59 Å². The number of halogens is 1. The van der Waals surface area contributed by atoms with Gasteiger partial charge in [0.1, 0.15) is 12.6 Å². The van der Waals surface area contributed by atoms with Crippen molar-refractivity contribution < 1.29 is 18.7 Å². The molecule has 1 atom stereocenters. The summed E-state index contributed by atoms with van der Waals surface area (Å²) in [6.07, 6.45) is 1.86. The number of nitrogens with zero attached hydrogens (tertiary/aromatic N) is 1. The maximum atomic E-state index is 12.9. The monoisotopic (exact) mass is 439 g/mol. The molecular weight excluding hydrogens is 422 g/mol. The largest absolute Gasteiger partial charge is 0.459 e. The van der Waals surface area contributed by atoms with Gasteiger partial charge in [-0.15, -0.1) is 0 Å². The summed E-state index contributed by atoms with van der Waals surface area (Å²) in [5.41, 5.74) is 2.95. The Labute approximate surface area is 171 Å². The van der Waals surface area contributed by atoms with E-state index in [-0.39, 0.29) is 18.3 Å². The predicted molar refractivity (Wildman–Crippen MR) is 106 cm³/mol. The van der Waals surface area contributed by atoms with E-state index in [1.54, 1.807) is 12.1 Å². The van der Waals surface area contributed by atoms with Gasteiger partial charge in [0.2, 0.25) is 0 Å². The van der Waals surface area contributed by atoms with Crippen LogP contribution in [0.2, 0.25) is 0 Å². The number of benzene rings is 2. The molecule has 0 saturated carbocycles. The molecule has 6 heteroatoms. The molecule has 3 aromatic rings. The van der Waals surface area contributed by atoms with Gasteiger partial charge in [0.05, 0.1) is 6.26 Å². The van der Waals surface area contributed by atoms with E-state index in [1.807, 2.05) is 48.5 Å². The highest BCUT2D eigenvalue weighted by Gasteiger charge is 2.37. The molecule has 142 valence electrons. The van der Waals surface area contributed by atoms with Gasteiger partial charge in [0.15, 0.2) is 5.76 Å². The molecule has 0 radical (unpaired) electrons. The molecule has 0 bridgehead atoms. The summed E-state index contributed by atoms with van der Waals surface area (Å²) in [7, 11) is 0. The summed E-state index contributed by atoms with van der Waals surface area (Å²) in [5, 5.41) is 0. The maximum Gasteiger partial charge on any atom is 0.329 e. The number of carbonyl (C=O) groups excluding carboxylic acids is 2. The van der Waals surface area contributed by atoms with Crippen molar-refractivity contribution in [2.24, 2.45) is 0 Å². The van der Waals surface area contributed by atoms with Crippen LogP contribution in [0.25, 0.3) is 0 Å². The predicted octanol–water partition coefficient (Wildman–Crippen LogP) is 4.35. The summed E-state index contributed by atoms with van der Waals surface area (Å²) >= 11 is 3.46. The molecule has 0 spiro atoms. The molecule has 5 nitrogen and oxygen atoms in total. The molecule has 0 aliphatic carbocycles. The first-order valence-corrected chi connectivity index (χ1v) is 9.74. The van der Waals surface area contributed by atoms with Crippen LogP contribution in [0, 0.1) is 0 Å². The maximum absolute atomic E-state index is 12.9. The van der Waals surface area contributed by atoms with Crippen molar-refractivity contribution in [1.29, 1.82) is 0 Å². The van der Waals surface area contributed by atoms with Crippen LogP contribution in [0.4, 0.5) is 0 Å². The third-order valence-corrected chi connectivity index (χ3v) is 5.61. The summed E-state index contributed by atoms with van der Waals surface area (Å²) in [6.45, 7) is 0.478. The fourth-order valence-electron chi connectivity index (χ4n) is 3.35. The number of carbonyl (C=O) groups is 2. The lowest BCUT2D eigenvalue weighted by Crippen LogP contribution is -2.49. The summed E-state index contributed by atoms with van der Waals surface area (Å²) in [4.78, 5) is 27.4. The second kappa shape index (κ2) is 8.02. The molecule has 28 heavy (non-hydrogen) atoms. The van der Waals surface area contributed by atoms with E-state index in [0.717, 1.165) is 21.2 Å². The third kappa shape index (κ3) is 3.73. The first-order valence-electron chi connectivity index (χ1n) is 8.95. The van der Waals surface area contributed by atoms with Gasteiger partial charge in [0.25, 0.3) is 5.91 Å². The van der Waals surface area contributed by atoms with Crippen molar-refractivity contribution in [3.05, 3.63) is 93.9 Å². The molecule has 0 fully saturated rings. The summed E-state index contributed by atoms with van der Waals surface area (Å²) < 4.78 is 11.7. The molecule has 4 rings (SSSR count). The summed E-state index contributed by atoms with van der Waals surface area (Å²) in [6, 6.07) is 18.0. The van der Waals surface area contributed by atoms with Crippen LogP contribution in [0.3, 0.4) is 0 Å². The molecule has 0 saturated heterocycles. The second-order valence-corrected chi connectivity index (χ2v) is 7.45. The number of rotatable bonds is 4. The van der Waals surface area contributed by atoms with Crippen LogP contribution in [0.15, 0.2) is 75.8 Å². The normalized spacial score (nSPS) is 15.8. The van der Waals surface area contributed by atoms with Crippen molar-refractivity contribution in [1.82, 2.24) is 4.90 Å². The fourth-order valence-corrected chi connectivity index (χ4v) is 3.75. The van der Waals surface area contributed by atoms with Crippen LogP contribution < -0.4 is 0 Å². The Hall–Kier alpha value is -2.86. The Morgan fingerprint density at radius 2 is 1.79 bits per heavy atom. The number of hydrogen-bond acceptors (Lipinski definition) is 4. The average molecular weight is 440 g/mol. The fraction of sp³-hybridized carbons (Fsp3) is 0.182. The number of amides is 1. The van der Waals surface area contributed by atoms with Gasteiger partial charge in [-0.2, -0.15) is 0 Å². The highest BCUT2D eigenvalue weighted by atomic mass is 79.9. The van der Waals surface area contributed by atoms with Gasteiger partial charge in [-0.05, 0) is 29.3 Å². The Kier molecular flexibility index (Phi) is 5.30. The van der Waals surface area contributed by atoms with Crippen LogP contribution in [-0.2, 0) is 29.1 Å². The lowest BCUT2D eigenvalue weighted by atomic mass is 9.93.